The fourth-order valence-electron chi connectivity index (χ4n) is 1.87. The van der Waals surface area contributed by atoms with E-state index in [4.69, 9.17) is 4.74 Å². The van der Waals surface area contributed by atoms with Gasteiger partial charge in [-0.3, -0.25) is 0 Å². The number of rotatable bonds is 6. The van der Waals surface area contributed by atoms with Gasteiger partial charge in [-0.15, -0.1) is 11.8 Å². The number of ether oxygens (including phenoxy) is 1. The van der Waals surface area contributed by atoms with E-state index in [9.17, 15) is 13.5 Å². The van der Waals surface area contributed by atoms with Crippen molar-refractivity contribution < 1.29 is 18.3 Å². The van der Waals surface area contributed by atoms with Crippen LogP contribution in [-0.2, 0) is 9.84 Å². The zero-order chi connectivity index (χ0) is 15.3. The molecule has 2 rings (SSSR count). The molecule has 0 heterocycles. The first-order chi connectivity index (χ1) is 10.0. The Balaban J connectivity index is 2.07. The monoisotopic (exact) mass is 326 g/mol. The molecular weight excluding hydrogens is 308 g/mol. The molecule has 1 N–H and O–H groups in total. The molecule has 1 aliphatic rings. The van der Waals surface area contributed by atoms with Crippen LogP contribution < -0.4 is 4.74 Å². The predicted octanol–water partition coefficient (Wildman–Crippen LogP) is 3.67. The fourth-order valence-corrected chi connectivity index (χ4v) is 4.51. The number of benzene rings is 1. The van der Waals surface area contributed by atoms with Crippen molar-refractivity contribution in [3.05, 3.63) is 47.9 Å². The largest absolute Gasteiger partial charge is 0.508 e. The van der Waals surface area contributed by atoms with Crippen molar-refractivity contribution in [2.75, 3.05) is 10.8 Å². The third-order valence-corrected chi connectivity index (χ3v) is 6.23. The van der Waals surface area contributed by atoms with E-state index in [0.29, 0.717) is 16.4 Å². The molecule has 0 spiro atoms. The molecule has 0 unspecified atom stereocenters. The molecule has 0 atom stereocenters. The lowest BCUT2D eigenvalue weighted by molar-refractivity contribution is 0.375. The van der Waals surface area contributed by atoms with Crippen LogP contribution in [-0.4, -0.2) is 24.4 Å². The Kier molecular flexibility index (Phi) is 5.36. The van der Waals surface area contributed by atoms with Gasteiger partial charge in [-0.25, -0.2) is 8.42 Å². The van der Waals surface area contributed by atoms with E-state index in [-0.39, 0.29) is 10.8 Å². The maximum atomic E-state index is 12.0. The SMILES string of the molecule is CCSCS(=O)(=O)c1ccc(OC2=CC(O)=CCC2)cc1. The summed E-state index contributed by atoms with van der Waals surface area (Å²) in [5.41, 5.74) is 0. The quantitative estimate of drug-likeness (QED) is 0.864. The van der Waals surface area contributed by atoms with Crippen molar-refractivity contribution in [2.24, 2.45) is 0 Å². The van der Waals surface area contributed by atoms with E-state index in [1.54, 1.807) is 36.4 Å². The Hall–Kier alpha value is -1.40. The zero-order valence-corrected chi connectivity index (χ0v) is 13.4. The van der Waals surface area contributed by atoms with Crippen molar-refractivity contribution in [3.8, 4) is 5.75 Å². The third-order valence-electron chi connectivity index (χ3n) is 2.93. The van der Waals surface area contributed by atoms with Crippen LogP contribution in [0.3, 0.4) is 0 Å². The highest BCUT2D eigenvalue weighted by molar-refractivity contribution is 8.12. The summed E-state index contributed by atoms with van der Waals surface area (Å²) in [6.45, 7) is 1.93. The van der Waals surface area contributed by atoms with Gasteiger partial charge in [0.2, 0.25) is 0 Å². The first-order valence-corrected chi connectivity index (χ1v) is 9.50. The molecule has 1 aromatic carbocycles. The standard InChI is InChI=1S/C15H18O4S2/c1-2-20-11-21(17,18)15-8-6-13(7-9-15)19-14-5-3-4-12(16)10-14/h4,6-10,16H,2-3,5,11H2,1H3. The maximum absolute atomic E-state index is 12.0. The summed E-state index contributed by atoms with van der Waals surface area (Å²) in [6, 6.07) is 6.39. The van der Waals surface area contributed by atoms with Gasteiger partial charge >= 0.3 is 0 Å². The van der Waals surface area contributed by atoms with Crippen molar-refractivity contribution in [1.29, 1.82) is 0 Å². The number of hydrogen-bond donors (Lipinski definition) is 1. The van der Waals surface area contributed by atoms with Gasteiger partial charge in [0.1, 0.15) is 22.4 Å². The van der Waals surface area contributed by atoms with Gasteiger partial charge in [0.05, 0.1) is 4.90 Å². The van der Waals surface area contributed by atoms with Crippen LogP contribution >= 0.6 is 11.8 Å². The summed E-state index contributed by atoms with van der Waals surface area (Å²) in [6.07, 6.45) is 4.76. The van der Waals surface area contributed by atoms with Crippen LogP contribution in [0.4, 0.5) is 0 Å². The Labute approximate surface area is 129 Å². The minimum atomic E-state index is -3.24. The van der Waals surface area contributed by atoms with E-state index in [2.05, 4.69) is 0 Å². The van der Waals surface area contributed by atoms with Crippen LogP contribution in [0, 0.1) is 0 Å². The second-order valence-corrected chi connectivity index (χ2v) is 8.21. The Morgan fingerprint density at radius 2 is 2.00 bits per heavy atom. The summed E-state index contributed by atoms with van der Waals surface area (Å²) in [4.78, 5) is 0.302. The summed E-state index contributed by atoms with van der Waals surface area (Å²) in [5, 5.41) is 9.50. The van der Waals surface area contributed by atoms with Gasteiger partial charge < -0.3 is 9.84 Å². The molecule has 0 saturated carbocycles. The molecule has 0 saturated heterocycles. The molecular formula is C15H18O4S2. The van der Waals surface area contributed by atoms with Gasteiger partial charge in [-0.05, 0) is 42.5 Å². The van der Waals surface area contributed by atoms with Crippen LogP contribution in [0.5, 0.6) is 5.75 Å². The number of sulfone groups is 1. The summed E-state index contributed by atoms with van der Waals surface area (Å²) in [7, 11) is -3.24. The summed E-state index contributed by atoms with van der Waals surface area (Å²) in [5.74, 6) is 2.21. The smallest absolute Gasteiger partial charge is 0.187 e. The van der Waals surface area contributed by atoms with Crippen LogP contribution in [0.15, 0.2) is 52.8 Å². The van der Waals surface area contributed by atoms with E-state index in [0.717, 1.165) is 18.6 Å². The Morgan fingerprint density at radius 1 is 1.29 bits per heavy atom. The normalized spacial score (nSPS) is 15.3. The topological polar surface area (TPSA) is 63.6 Å². The van der Waals surface area contributed by atoms with E-state index in [1.165, 1.54) is 11.8 Å². The minimum absolute atomic E-state index is 0.0908. The van der Waals surface area contributed by atoms with Gasteiger partial charge in [-0.2, -0.15) is 0 Å². The lowest BCUT2D eigenvalue weighted by Gasteiger charge is -2.13. The highest BCUT2D eigenvalue weighted by Gasteiger charge is 2.14. The van der Waals surface area contributed by atoms with Crippen molar-refractivity contribution >= 4 is 21.6 Å². The molecule has 1 aromatic rings. The first-order valence-electron chi connectivity index (χ1n) is 6.69. The van der Waals surface area contributed by atoms with Gasteiger partial charge in [0.25, 0.3) is 0 Å². The summed E-state index contributed by atoms with van der Waals surface area (Å²) < 4.78 is 29.7. The number of allylic oxidation sites excluding steroid dienone is 3. The van der Waals surface area contributed by atoms with E-state index < -0.39 is 9.84 Å². The van der Waals surface area contributed by atoms with E-state index >= 15 is 0 Å². The fraction of sp³-hybridized carbons (Fsp3) is 0.333. The molecule has 114 valence electrons. The first kappa shape index (κ1) is 16.0. The van der Waals surface area contributed by atoms with Crippen molar-refractivity contribution in [3.63, 3.8) is 0 Å². The average molecular weight is 326 g/mol. The molecule has 0 aliphatic heterocycles. The number of aliphatic hydroxyl groups excluding tert-OH is 1. The highest BCUT2D eigenvalue weighted by atomic mass is 32.3. The van der Waals surface area contributed by atoms with Crippen LogP contribution in [0.2, 0.25) is 0 Å². The van der Waals surface area contributed by atoms with Crippen molar-refractivity contribution in [2.45, 2.75) is 24.7 Å². The lowest BCUT2D eigenvalue weighted by atomic mass is 10.1. The predicted molar refractivity (Wildman–Crippen MR) is 85.3 cm³/mol. The Morgan fingerprint density at radius 3 is 2.62 bits per heavy atom. The number of aliphatic hydroxyl groups is 1. The molecule has 6 heteroatoms. The third kappa shape index (κ3) is 4.54. The molecule has 1 aliphatic carbocycles. The van der Waals surface area contributed by atoms with Crippen LogP contribution in [0.25, 0.3) is 0 Å². The molecule has 0 amide bonds. The highest BCUT2D eigenvalue weighted by Crippen LogP contribution is 2.24. The average Bonchev–Trinajstić information content (AvgIpc) is 2.46. The maximum Gasteiger partial charge on any atom is 0.187 e. The molecule has 0 aromatic heterocycles. The number of thioether (sulfide) groups is 1. The molecule has 21 heavy (non-hydrogen) atoms. The second-order valence-electron chi connectivity index (χ2n) is 4.58. The molecule has 0 radical (unpaired) electrons. The zero-order valence-electron chi connectivity index (χ0n) is 11.8. The second kappa shape index (κ2) is 7.04. The van der Waals surface area contributed by atoms with Gasteiger partial charge in [0, 0.05) is 12.5 Å². The van der Waals surface area contributed by atoms with E-state index in [1.807, 2.05) is 6.92 Å². The molecule has 0 bridgehead atoms. The minimum Gasteiger partial charge on any atom is -0.508 e. The van der Waals surface area contributed by atoms with Gasteiger partial charge in [0.15, 0.2) is 9.84 Å². The number of hydrogen-bond acceptors (Lipinski definition) is 5. The van der Waals surface area contributed by atoms with Crippen LogP contribution in [0.1, 0.15) is 19.8 Å². The molecule has 0 fully saturated rings. The molecule has 4 nitrogen and oxygen atoms in total. The van der Waals surface area contributed by atoms with Crippen molar-refractivity contribution in [1.82, 2.24) is 0 Å². The lowest BCUT2D eigenvalue weighted by Crippen LogP contribution is -2.04. The summed E-state index contributed by atoms with van der Waals surface area (Å²) >= 11 is 1.38. The van der Waals surface area contributed by atoms with Gasteiger partial charge in [-0.1, -0.05) is 6.92 Å². The Bertz CT molecular complexity index is 643.